The van der Waals surface area contributed by atoms with Gasteiger partial charge in [0.2, 0.25) is 0 Å². The summed E-state index contributed by atoms with van der Waals surface area (Å²) < 4.78 is 0. The van der Waals surface area contributed by atoms with Crippen LogP contribution in [0.2, 0.25) is 0 Å². The van der Waals surface area contributed by atoms with Crippen LogP contribution in [0.15, 0.2) is 0 Å². The third kappa shape index (κ3) is 0.634. The maximum Gasteiger partial charge on any atom is 0.0351 e. The summed E-state index contributed by atoms with van der Waals surface area (Å²) >= 11 is 0. The van der Waals surface area contributed by atoms with E-state index in [1.165, 1.54) is 19.5 Å². The average molecular weight is 126 g/mol. The molecule has 1 aliphatic carbocycles. The minimum Gasteiger partial charge on any atom is -0.313 e. The Balaban J connectivity index is 2.05. The smallest absolute Gasteiger partial charge is 0.0351 e. The van der Waals surface area contributed by atoms with Crippen molar-refractivity contribution in [3.8, 4) is 0 Å². The van der Waals surface area contributed by atoms with Gasteiger partial charge in [0.1, 0.15) is 0 Å². The molecule has 0 unspecified atom stereocenters. The van der Waals surface area contributed by atoms with Crippen LogP contribution in [0.25, 0.3) is 0 Å². The number of likely N-dealkylation sites (N-methyl/N-ethyl adjacent to an activating group) is 2. The molecule has 52 valence electrons. The standard InChI is InChI=1S/C7H14N2/c1-8-7-3-6(7)4-9(2)5-7/h6,8H,3-5H2,1-2H3/t6-,7-/m0/s1. The predicted octanol–water partition coefficient (Wildman–Crippen LogP) is -0.0901. The van der Waals surface area contributed by atoms with Gasteiger partial charge in [-0.2, -0.15) is 0 Å². The van der Waals surface area contributed by atoms with Crippen molar-refractivity contribution in [2.75, 3.05) is 27.2 Å². The van der Waals surface area contributed by atoms with Crippen LogP contribution in [0.1, 0.15) is 6.42 Å². The molecule has 1 aliphatic heterocycles. The van der Waals surface area contributed by atoms with Gasteiger partial charge >= 0.3 is 0 Å². The van der Waals surface area contributed by atoms with Gasteiger partial charge in [-0.25, -0.2) is 0 Å². The summed E-state index contributed by atoms with van der Waals surface area (Å²) in [6.45, 7) is 2.56. The number of nitrogens with one attached hydrogen (secondary N) is 1. The second-order valence-electron chi connectivity index (χ2n) is 3.50. The van der Waals surface area contributed by atoms with Crippen LogP contribution in [0.5, 0.6) is 0 Å². The van der Waals surface area contributed by atoms with E-state index in [1.54, 1.807) is 0 Å². The van der Waals surface area contributed by atoms with E-state index in [-0.39, 0.29) is 0 Å². The minimum absolute atomic E-state index is 0.550. The summed E-state index contributed by atoms with van der Waals surface area (Å²) in [5.74, 6) is 0.965. The van der Waals surface area contributed by atoms with Crippen LogP contribution in [0.3, 0.4) is 0 Å². The number of piperidine rings is 1. The quantitative estimate of drug-likeness (QED) is 0.528. The monoisotopic (exact) mass is 126 g/mol. The molecule has 0 radical (unpaired) electrons. The molecule has 1 heterocycles. The van der Waals surface area contributed by atoms with Crippen LogP contribution in [0, 0.1) is 5.92 Å². The first-order valence-electron chi connectivity index (χ1n) is 3.64. The SMILES string of the molecule is CN[C@]12C[C@H]1CN(C)C2. The van der Waals surface area contributed by atoms with Crippen molar-refractivity contribution < 1.29 is 0 Å². The molecule has 2 atom stereocenters. The van der Waals surface area contributed by atoms with E-state index in [0.717, 1.165) is 5.92 Å². The first-order valence-corrected chi connectivity index (χ1v) is 3.64. The fourth-order valence-electron chi connectivity index (χ4n) is 2.12. The molecule has 2 nitrogen and oxygen atoms in total. The molecule has 2 aliphatic rings. The summed E-state index contributed by atoms with van der Waals surface area (Å²) in [5.41, 5.74) is 0.550. The lowest BCUT2D eigenvalue weighted by Crippen LogP contribution is -2.34. The Morgan fingerprint density at radius 1 is 1.67 bits per heavy atom. The van der Waals surface area contributed by atoms with Gasteiger partial charge in [-0.05, 0) is 26.4 Å². The number of likely N-dealkylation sites (tertiary alicyclic amines) is 1. The first kappa shape index (κ1) is 5.69. The number of rotatable bonds is 1. The van der Waals surface area contributed by atoms with Crippen molar-refractivity contribution in [2.45, 2.75) is 12.0 Å². The zero-order valence-electron chi connectivity index (χ0n) is 6.15. The summed E-state index contributed by atoms with van der Waals surface area (Å²) in [6, 6.07) is 0. The molecule has 2 fully saturated rings. The molecule has 0 amide bonds. The Hall–Kier alpha value is -0.0800. The van der Waals surface area contributed by atoms with Crippen molar-refractivity contribution in [3.05, 3.63) is 0 Å². The lowest BCUT2D eigenvalue weighted by molar-refractivity contribution is 0.351. The van der Waals surface area contributed by atoms with Crippen molar-refractivity contribution in [1.29, 1.82) is 0 Å². The second-order valence-corrected chi connectivity index (χ2v) is 3.50. The van der Waals surface area contributed by atoms with Gasteiger partial charge in [-0.15, -0.1) is 0 Å². The van der Waals surface area contributed by atoms with Crippen LogP contribution >= 0.6 is 0 Å². The molecule has 0 aromatic heterocycles. The molecule has 0 aromatic rings. The predicted molar refractivity (Wildman–Crippen MR) is 37.4 cm³/mol. The highest BCUT2D eigenvalue weighted by Crippen LogP contribution is 2.48. The maximum atomic E-state index is 3.40. The third-order valence-corrected chi connectivity index (χ3v) is 2.81. The number of nitrogens with zero attached hydrogens (tertiary/aromatic N) is 1. The summed E-state index contributed by atoms with van der Waals surface area (Å²) in [6.07, 6.45) is 1.41. The maximum absolute atomic E-state index is 3.40. The zero-order chi connectivity index (χ0) is 6.48. The van der Waals surface area contributed by atoms with E-state index >= 15 is 0 Å². The van der Waals surface area contributed by atoms with Crippen LogP contribution in [-0.4, -0.2) is 37.6 Å². The van der Waals surface area contributed by atoms with E-state index in [2.05, 4.69) is 24.3 Å². The molecule has 1 saturated heterocycles. The number of fused-ring (bicyclic) bond motifs is 1. The fourth-order valence-corrected chi connectivity index (χ4v) is 2.12. The van der Waals surface area contributed by atoms with Crippen molar-refractivity contribution in [1.82, 2.24) is 10.2 Å². The van der Waals surface area contributed by atoms with Gasteiger partial charge in [0.05, 0.1) is 0 Å². The Bertz CT molecular complexity index is 131. The van der Waals surface area contributed by atoms with E-state index in [4.69, 9.17) is 0 Å². The van der Waals surface area contributed by atoms with Crippen LogP contribution in [-0.2, 0) is 0 Å². The molecule has 2 heteroatoms. The molecule has 9 heavy (non-hydrogen) atoms. The topological polar surface area (TPSA) is 15.3 Å². The second kappa shape index (κ2) is 1.50. The molecule has 0 spiro atoms. The highest BCUT2D eigenvalue weighted by atomic mass is 15.2. The van der Waals surface area contributed by atoms with Gasteiger partial charge in [-0.1, -0.05) is 0 Å². The molecule has 1 saturated carbocycles. The van der Waals surface area contributed by atoms with E-state index in [9.17, 15) is 0 Å². The Morgan fingerprint density at radius 3 is 2.78 bits per heavy atom. The van der Waals surface area contributed by atoms with Crippen molar-refractivity contribution in [2.24, 2.45) is 5.92 Å². The zero-order valence-corrected chi connectivity index (χ0v) is 6.15. The van der Waals surface area contributed by atoms with E-state index in [0.29, 0.717) is 5.54 Å². The van der Waals surface area contributed by atoms with Gasteiger partial charge in [0, 0.05) is 18.6 Å². The third-order valence-electron chi connectivity index (χ3n) is 2.81. The first-order chi connectivity index (χ1) is 4.27. The lowest BCUT2D eigenvalue weighted by Gasteiger charge is -2.14. The van der Waals surface area contributed by atoms with Crippen molar-refractivity contribution >= 4 is 0 Å². The highest BCUT2D eigenvalue weighted by Gasteiger charge is 2.57. The lowest BCUT2D eigenvalue weighted by atomic mass is 10.2. The Kier molecular flexibility index (Phi) is 0.945. The van der Waals surface area contributed by atoms with E-state index in [1.807, 2.05) is 0 Å². The Morgan fingerprint density at radius 2 is 2.44 bits per heavy atom. The van der Waals surface area contributed by atoms with Gasteiger partial charge in [0.25, 0.3) is 0 Å². The minimum atomic E-state index is 0.550. The number of hydrogen-bond acceptors (Lipinski definition) is 2. The average Bonchev–Trinajstić information content (AvgIpc) is 2.38. The molecular formula is C7H14N2. The Labute approximate surface area is 56.2 Å². The number of hydrogen-bond donors (Lipinski definition) is 1. The summed E-state index contributed by atoms with van der Waals surface area (Å²) in [7, 11) is 4.28. The van der Waals surface area contributed by atoms with Gasteiger partial charge in [-0.3, -0.25) is 0 Å². The van der Waals surface area contributed by atoms with Gasteiger partial charge in [0.15, 0.2) is 0 Å². The molecule has 1 N–H and O–H groups in total. The molecule has 2 rings (SSSR count). The fraction of sp³-hybridized carbons (Fsp3) is 1.00. The van der Waals surface area contributed by atoms with E-state index < -0.39 is 0 Å². The molecule has 0 aromatic carbocycles. The molecule has 0 bridgehead atoms. The van der Waals surface area contributed by atoms with Crippen LogP contribution in [0.4, 0.5) is 0 Å². The molecular weight excluding hydrogens is 112 g/mol. The summed E-state index contributed by atoms with van der Waals surface area (Å²) in [5, 5.41) is 3.40. The van der Waals surface area contributed by atoms with Crippen LogP contribution < -0.4 is 5.32 Å². The normalized spacial score (nSPS) is 49.3. The highest BCUT2D eigenvalue weighted by molar-refractivity contribution is 5.16. The van der Waals surface area contributed by atoms with Crippen molar-refractivity contribution in [3.63, 3.8) is 0 Å². The largest absolute Gasteiger partial charge is 0.313 e. The summed E-state index contributed by atoms with van der Waals surface area (Å²) in [4.78, 5) is 2.41. The van der Waals surface area contributed by atoms with Gasteiger partial charge < -0.3 is 10.2 Å².